The fourth-order valence-electron chi connectivity index (χ4n) is 1.62. The number of anilines is 1. The Morgan fingerprint density at radius 1 is 0.923 bits per heavy atom. The van der Waals surface area contributed by atoms with E-state index in [1.54, 1.807) is 0 Å². The van der Waals surface area contributed by atoms with Gasteiger partial charge in [0.15, 0.2) is 0 Å². The lowest BCUT2D eigenvalue weighted by Gasteiger charge is -2.16. The van der Waals surface area contributed by atoms with Crippen LogP contribution in [0.15, 0.2) is 0 Å². The van der Waals surface area contributed by atoms with Gasteiger partial charge >= 0.3 is 0 Å². The highest BCUT2D eigenvalue weighted by Crippen LogP contribution is 2.29. The van der Waals surface area contributed by atoms with Crippen molar-refractivity contribution in [2.24, 2.45) is 0 Å². The highest BCUT2D eigenvalue weighted by atomic mass is 127. The van der Waals surface area contributed by atoms with Crippen molar-refractivity contribution in [2.45, 2.75) is 32.1 Å². The van der Waals surface area contributed by atoms with Crippen LogP contribution in [0.5, 0.6) is 0 Å². The second kappa shape index (κ2) is 3.86. The predicted molar refractivity (Wildman–Crippen MR) is 67.5 cm³/mol. The molecule has 0 aliphatic carbocycles. The average Bonchev–Trinajstić information content (AvgIpc) is 2.13. The Labute approximate surface area is 93.9 Å². The zero-order chi connectivity index (χ0) is 10.2. The first-order chi connectivity index (χ1) is 6.00. The molecule has 0 aliphatic heterocycles. The number of benzene rings is 1. The van der Waals surface area contributed by atoms with Crippen LogP contribution in [0.3, 0.4) is 0 Å². The summed E-state index contributed by atoms with van der Waals surface area (Å²) in [4.78, 5) is 0. The van der Waals surface area contributed by atoms with Crippen molar-refractivity contribution in [2.75, 3.05) is 5.73 Å². The summed E-state index contributed by atoms with van der Waals surface area (Å²) in [5.74, 6) is 0. The van der Waals surface area contributed by atoms with Crippen molar-refractivity contribution in [1.29, 1.82) is 0 Å². The van der Waals surface area contributed by atoms with E-state index < -0.39 is 0 Å². The minimum atomic E-state index is 0.962. The van der Waals surface area contributed by atoms with Crippen LogP contribution in [0, 0.1) is 27.7 Å². The summed E-state index contributed by atoms with van der Waals surface area (Å²) in [5, 5.41) is 0. The smallest absolute Gasteiger partial charge is 0.0378 e. The van der Waals surface area contributed by atoms with E-state index in [0.717, 1.165) is 10.1 Å². The van der Waals surface area contributed by atoms with Crippen molar-refractivity contribution in [3.63, 3.8) is 0 Å². The van der Waals surface area contributed by atoms with Crippen LogP contribution in [0.4, 0.5) is 5.69 Å². The van der Waals surface area contributed by atoms with Gasteiger partial charge in [-0.1, -0.05) is 22.6 Å². The Bertz CT molecular complexity index is 313. The molecule has 2 heteroatoms. The maximum Gasteiger partial charge on any atom is 0.0378 e. The summed E-state index contributed by atoms with van der Waals surface area (Å²) in [6, 6.07) is 0. The van der Waals surface area contributed by atoms with E-state index in [1.807, 2.05) is 0 Å². The lowest BCUT2D eigenvalue weighted by atomic mass is 9.93. The first kappa shape index (κ1) is 10.8. The van der Waals surface area contributed by atoms with E-state index in [4.69, 9.17) is 5.73 Å². The van der Waals surface area contributed by atoms with Crippen molar-refractivity contribution in [3.05, 3.63) is 27.8 Å². The van der Waals surface area contributed by atoms with Gasteiger partial charge in [0, 0.05) is 10.1 Å². The molecule has 0 heterocycles. The van der Waals surface area contributed by atoms with Gasteiger partial charge in [0.25, 0.3) is 0 Å². The van der Waals surface area contributed by atoms with Crippen molar-refractivity contribution >= 4 is 28.3 Å². The number of hydrogen-bond donors (Lipinski definition) is 1. The van der Waals surface area contributed by atoms with Crippen LogP contribution in [-0.2, 0) is 4.43 Å². The Kier molecular flexibility index (Phi) is 3.22. The first-order valence-corrected chi connectivity index (χ1v) is 5.94. The number of nitrogens with two attached hydrogens (primary N) is 1. The molecule has 0 bridgehead atoms. The van der Waals surface area contributed by atoms with E-state index in [0.29, 0.717) is 0 Å². The van der Waals surface area contributed by atoms with Gasteiger partial charge in [-0.2, -0.15) is 0 Å². The third-order valence-electron chi connectivity index (χ3n) is 2.97. The van der Waals surface area contributed by atoms with Crippen LogP contribution < -0.4 is 5.73 Å². The van der Waals surface area contributed by atoms with Crippen molar-refractivity contribution < 1.29 is 0 Å². The molecule has 72 valence electrons. The summed E-state index contributed by atoms with van der Waals surface area (Å²) in [6.07, 6.45) is 0. The Morgan fingerprint density at radius 3 is 1.62 bits per heavy atom. The van der Waals surface area contributed by atoms with Gasteiger partial charge in [0.1, 0.15) is 0 Å². The normalized spacial score (nSPS) is 10.5. The fraction of sp³-hybridized carbons (Fsp3) is 0.455. The molecular formula is C11H16IN. The largest absolute Gasteiger partial charge is 0.398 e. The summed E-state index contributed by atoms with van der Waals surface area (Å²) < 4.78 is 1.07. The molecule has 1 rings (SSSR count). The molecule has 0 radical (unpaired) electrons. The second-order valence-corrected chi connectivity index (χ2v) is 4.29. The van der Waals surface area contributed by atoms with Crippen molar-refractivity contribution in [3.8, 4) is 0 Å². The van der Waals surface area contributed by atoms with Gasteiger partial charge < -0.3 is 5.73 Å². The van der Waals surface area contributed by atoms with Crippen LogP contribution in [0.25, 0.3) is 0 Å². The van der Waals surface area contributed by atoms with Gasteiger partial charge in [-0.05, 0) is 55.5 Å². The van der Waals surface area contributed by atoms with Gasteiger partial charge in [-0.15, -0.1) is 0 Å². The quantitative estimate of drug-likeness (QED) is 0.478. The molecular weight excluding hydrogens is 273 g/mol. The maximum absolute atomic E-state index is 6.00. The Balaban J connectivity index is 3.56. The lowest BCUT2D eigenvalue weighted by Crippen LogP contribution is -2.03. The molecule has 0 aliphatic rings. The zero-order valence-corrected chi connectivity index (χ0v) is 10.8. The summed E-state index contributed by atoms with van der Waals surface area (Å²) in [5.41, 5.74) is 13.6. The third-order valence-corrected chi connectivity index (χ3v) is 3.73. The fourth-order valence-corrected chi connectivity index (χ4v) is 2.76. The Hall–Kier alpha value is -0.250. The predicted octanol–water partition coefficient (Wildman–Crippen LogP) is 3.44. The summed E-state index contributed by atoms with van der Waals surface area (Å²) >= 11 is 2.41. The molecule has 13 heavy (non-hydrogen) atoms. The van der Waals surface area contributed by atoms with Crippen LogP contribution in [0.1, 0.15) is 27.8 Å². The van der Waals surface area contributed by atoms with Gasteiger partial charge in [-0.25, -0.2) is 0 Å². The van der Waals surface area contributed by atoms with Gasteiger partial charge in [-0.3, -0.25) is 0 Å². The van der Waals surface area contributed by atoms with Crippen molar-refractivity contribution in [1.82, 2.24) is 0 Å². The number of halogens is 1. The molecule has 1 nitrogen and oxygen atoms in total. The zero-order valence-electron chi connectivity index (χ0n) is 8.66. The number of rotatable bonds is 1. The molecule has 1 aromatic carbocycles. The SMILES string of the molecule is Cc1c(C)c(CI)c(C)c(C)c1N. The average molecular weight is 289 g/mol. The van der Waals surface area contributed by atoms with Gasteiger partial charge in [0.2, 0.25) is 0 Å². The minimum absolute atomic E-state index is 0.962. The first-order valence-electron chi connectivity index (χ1n) is 4.41. The maximum atomic E-state index is 6.00. The highest BCUT2D eigenvalue weighted by Gasteiger charge is 2.10. The molecule has 2 N–H and O–H groups in total. The molecule has 0 saturated carbocycles. The number of alkyl halides is 1. The second-order valence-electron chi connectivity index (χ2n) is 3.53. The van der Waals surface area contributed by atoms with Crippen LogP contribution in [0.2, 0.25) is 0 Å². The molecule has 0 fully saturated rings. The van der Waals surface area contributed by atoms with E-state index >= 15 is 0 Å². The van der Waals surface area contributed by atoms with E-state index in [9.17, 15) is 0 Å². The minimum Gasteiger partial charge on any atom is -0.398 e. The molecule has 0 unspecified atom stereocenters. The van der Waals surface area contributed by atoms with Crippen LogP contribution >= 0.6 is 22.6 Å². The van der Waals surface area contributed by atoms with E-state index in [1.165, 1.54) is 27.8 Å². The molecule has 0 atom stereocenters. The number of nitrogen functional groups attached to an aromatic ring is 1. The molecule has 0 aromatic heterocycles. The van der Waals surface area contributed by atoms with E-state index in [2.05, 4.69) is 50.3 Å². The van der Waals surface area contributed by atoms with E-state index in [-0.39, 0.29) is 0 Å². The highest BCUT2D eigenvalue weighted by molar-refractivity contribution is 14.1. The van der Waals surface area contributed by atoms with Gasteiger partial charge in [0.05, 0.1) is 0 Å². The topological polar surface area (TPSA) is 26.0 Å². The van der Waals surface area contributed by atoms with Crippen LogP contribution in [-0.4, -0.2) is 0 Å². The molecule has 0 amide bonds. The number of hydrogen-bond acceptors (Lipinski definition) is 1. The standard InChI is InChI=1S/C11H16IN/c1-6-8(3)11(13)9(4)7(2)10(6)5-12/h5,13H2,1-4H3. The summed E-state index contributed by atoms with van der Waals surface area (Å²) in [6.45, 7) is 8.53. The molecule has 0 spiro atoms. The third kappa shape index (κ3) is 1.68. The Morgan fingerprint density at radius 2 is 1.31 bits per heavy atom. The molecule has 0 saturated heterocycles. The lowest BCUT2D eigenvalue weighted by molar-refractivity contribution is 1.18. The summed E-state index contributed by atoms with van der Waals surface area (Å²) in [7, 11) is 0. The molecule has 1 aromatic rings. The monoisotopic (exact) mass is 289 g/mol.